The third-order valence-electron chi connectivity index (χ3n) is 3.28. The zero-order chi connectivity index (χ0) is 12.8. The van der Waals surface area contributed by atoms with E-state index in [0.717, 1.165) is 6.42 Å². The summed E-state index contributed by atoms with van der Waals surface area (Å²) in [5.41, 5.74) is 0. The summed E-state index contributed by atoms with van der Waals surface area (Å²) < 4.78 is 0. The molecule has 103 valence electrons. The van der Waals surface area contributed by atoms with E-state index >= 15 is 0 Å². The van der Waals surface area contributed by atoms with Crippen LogP contribution in [0.2, 0.25) is 0 Å². The van der Waals surface area contributed by atoms with Crippen molar-refractivity contribution in [3.8, 4) is 0 Å². The van der Waals surface area contributed by atoms with Crippen LogP contribution < -0.4 is 0 Å². The molecule has 0 saturated heterocycles. The Balaban J connectivity index is 2.89. The summed E-state index contributed by atoms with van der Waals surface area (Å²) in [5.74, 6) is 0. The van der Waals surface area contributed by atoms with Crippen molar-refractivity contribution < 1.29 is 0 Å². The lowest BCUT2D eigenvalue weighted by Gasteiger charge is -2.03. The number of unbranched alkanes of at least 4 members (excludes halogenated alkanes) is 11. The number of rotatable bonds is 13. The van der Waals surface area contributed by atoms with Crippen molar-refractivity contribution in [2.75, 3.05) is 0 Å². The first-order valence-corrected chi connectivity index (χ1v) is 8.16. The van der Waals surface area contributed by atoms with Gasteiger partial charge in [-0.25, -0.2) is 0 Å². The van der Waals surface area contributed by atoms with Crippen molar-refractivity contribution in [3.05, 3.63) is 6.42 Å². The fourth-order valence-corrected chi connectivity index (χ4v) is 2.22. The molecule has 0 heterocycles. The number of hydrogen-bond donors (Lipinski definition) is 0. The fourth-order valence-electron chi connectivity index (χ4n) is 2.09. The molecular weight excluding hydrogens is 228 g/mol. The molecule has 0 aliphatic heterocycles. The first-order valence-electron chi connectivity index (χ1n) is 7.73. The van der Waals surface area contributed by atoms with Crippen molar-refractivity contribution in [2.24, 2.45) is 0 Å². The molecule has 0 aliphatic carbocycles. The van der Waals surface area contributed by atoms with Crippen molar-refractivity contribution in [1.82, 2.24) is 0 Å². The Hall–Kier alpha value is 0.290. The van der Waals surface area contributed by atoms with Gasteiger partial charge in [-0.15, -0.1) is 11.6 Å². The van der Waals surface area contributed by atoms with Crippen LogP contribution in [0.3, 0.4) is 0 Å². The maximum Gasteiger partial charge on any atom is 0.0307 e. The highest BCUT2D eigenvalue weighted by Crippen LogP contribution is 2.13. The van der Waals surface area contributed by atoms with Crippen LogP contribution in [0.1, 0.15) is 90.9 Å². The Kier molecular flexibility index (Phi) is 14.6. The highest BCUT2D eigenvalue weighted by molar-refractivity contribution is 6.20. The second kappa shape index (κ2) is 14.4. The molecule has 1 radical (unpaired) electrons. The minimum absolute atomic E-state index is 0.342. The van der Waals surface area contributed by atoms with Gasteiger partial charge in [0, 0.05) is 5.38 Å². The lowest BCUT2D eigenvalue weighted by Crippen LogP contribution is -1.90. The Bertz CT molecular complexity index is 131. The quantitative estimate of drug-likeness (QED) is 0.261. The van der Waals surface area contributed by atoms with Crippen molar-refractivity contribution in [2.45, 2.75) is 96.3 Å². The molecule has 0 amide bonds. The molecule has 1 atom stereocenters. The van der Waals surface area contributed by atoms with Gasteiger partial charge in [-0.05, 0) is 26.2 Å². The summed E-state index contributed by atoms with van der Waals surface area (Å²) in [5, 5.41) is 0.342. The van der Waals surface area contributed by atoms with Gasteiger partial charge in [0.25, 0.3) is 0 Å². The minimum Gasteiger partial charge on any atom is -0.123 e. The standard InChI is InChI=1S/C16H32Cl/c1-3-4-5-6-7-8-9-10-11-12-13-14-15-16(2)17/h13,16H,3-12,14-15H2,1-2H3. The van der Waals surface area contributed by atoms with Gasteiger partial charge in [0.2, 0.25) is 0 Å². The van der Waals surface area contributed by atoms with Gasteiger partial charge in [0.05, 0.1) is 0 Å². The van der Waals surface area contributed by atoms with E-state index < -0.39 is 0 Å². The first-order chi connectivity index (χ1) is 8.27. The van der Waals surface area contributed by atoms with Crippen LogP contribution >= 0.6 is 11.6 Å². The summed E-state index contributed by atoms with van der Waals surface area (Å²) in [6, 6.07) is 0. The molecule has 0 aromatic carbocycles. The summed E-state index contributed by atoms with van der Waals surface area (Å²) in [6.07, 6.45) is 18.9. The highest BCUT2D eigenvalue weighted by atomic mass is 35.5. The van der Waals surface area contributed by atoms with Crippen molar-refractivity contribution >= 4 is 11.6 Å². The van der Waals surface area contributed by atoms with Gasteiger partial charge in [-0.2, -0.15) is 0 Å². The average Bonchev–Trinajstić information content (AvgIpc) is 2.30. The van der Waals surface area contributed by atoms with E-state index in [9.17, 15) is 0 Å². The van der Waals surface area contributed by atoms with Gasteiger partial charge in [-0.3, -0.25) is 0 Å². The molecule has 1 unspecified atom stereocenters. The van der Waals surface area contributed by atoms with Crippen LogP contribution in [-0.4, -0.2) is 5.38 Å². The lowest BCUT2D eigenvalue weighted by atomic mass is 10.0. The van der Waals surface area contributed by atoms with Crippen molar-refractivity contribution in [1.29, 1.82) is 0 Å². The number of alkyl halides is 1. The molecule has 0 bridgehead atoms. The minimum atomic E-state index is 0.342. The molecule has 0 N–H and O–H groups in total. The molecule has 0 fully saturated rings. The Morgan fingerprint density at radius 1 is 0.824 bits per heavy atom. The highest BCUT2D eigenvalue weighted by Gasteiger charge is 1.96. The Morgan fingerprint density at radius 3 is 1.88 bits per heavy atom. The van der Waals surface area contributed by atoms with E-state index in [-0.39, 0.29) is 0 Å². The summed E-state index contributed by atoms with van der Waals surface area (Å²) in [6.45, 7) is 4.36. The predicted molar refractivity (Wildman–Crippen MR) is 80.7 cm³/mol. The zero-order valence-corrected chi connectivity index (χ0v) is 12.8. The summed E-state index contributed by atoms with van der Waals surface area (Å²) >= 11 is 5.89. The molecule has 1 heteroatoms. The van der Waals surface area contributed by atoms with Gasteiger partial charge >= 0.3 is 0 Å². The Morgan fingerprint density at radius 2 is 1.35 bits per heavy atom. The summed E-state index contributed by atoms with van der Waals surface area (Å²) in [7, 11) is 0. The van der Waals surface area contributed by atoms with Crippen LogP contribution in [-0.2, 0) is 0 Å². The van der Waals surface area contributed by atoms with E-state index in [2.05, 4.69) is 20.3 Å². The summed E-state index contributed by atoms with van der Waals surface area (Å²) in [4.78, 5) is 0. The SMILES string of the molecule is CCCCCCCCCCC[CH]CCC(C)Cl. The largest absolute Gasteiger partial charge is 0.123 e. The van der Waals surface area contributed by atoms with Gasteiger partial charge in [0.1, 0.15) is 0 Å². The zero-order valence-electron chi connectivity index (χ0n) is 12.0. The molecule has 0 aliphatic rings. The van der Waals surface area contributed by atoms with Crippen molar-refractivity contribution in [3.63, 3.8) is 0 Å². The van der Waals surface area contributed by atoms with E-state index in [1.54, 1.807) is 0 Å². The first kappa shape index (κ1) is 17.3. The predicted octanol–water partition coefficient (Wildman–Crippen LogP) is 6.52. The second-order valence-electron chi connectivity index (χ2n) is 5.26. The molecule has 17 heavy (non-hydrogen) atoms. The van der Waals surface area contributed by atoms with Gasteiger partial charge in [-0.1, -0.05) is 71.1 Å². The lowest BCUT2D eigenvalue weighted by molar-refractivity contribution is 0.561. The van der Waals surface area contributed by atoms with E-state index in [4.69, 9.17) is 11.6 Å². The van der Waals surface area contributed by atoms with Crippen LogP contribution in [0.15, 0.2) is 0 Å². The monoisotopic (exact) mass is 259 g/mol. The van der Waals surface area contributed by atoms with Gasteiger partial charge in [0.15, 0.2) is 0 Å². The van der Waals surface area contributed by atoms with E-state index in [0.29, 0.717) is 5.38 Å². The maximum absolute atomic E-state index is 5.89. The molecule has 0 aromatic rings. The van der Waals surface area contributed by atoms with Gasteiger partial charge < -0.3 is 0 Å². The number of hydrogen-bond acceptors (Lipinski definition) is 0. The average molecular weight is 260 g/mol. The van der Waals surface area contributed by atoms with Crippen LogP contribution in [0, 0.1) is 6.42 Å². The fraction of sp³-hybridized carbons (Fsp3) is 0.938. The van der Waals surface area contributed by atoms with Crippen LogP contribution in [0.5, 0.6) is 0 Å². The third kappa shape index (κ3) is 16.3. The topological polar surface area (TPSA) is 0 Å². The normalized spacial score (nSPS) is 12.9. The second-order valence-corrected chi connectivity index (χ2v) is 6.01. The van der Waals surface area contributed by atoms with E-state index in [1.807, 2.05) is 0 Å². The molecule has 0 aromatic heterocycles. The number of halogens is 1. The smallest absolute Gasteiger partial charge is 0.0307 e. The van der Waals surface area contributed by atoms with Crippen LogP contribution in [0.25, 0.3) is 0 Å². The molecule has 0 spiro atoms. The molecule has 0 nitrogen and oxygen atoms in total. The van der Waals surface area contributed by atoms with E-state index in [1.165, 1.54) is 70.6 Å². The molecule has 0 saturated carbocycles. The molecular formula is C16H32Cl. The maximum atomic E-state index is 5.89. The Labute approximate surface area is 115 Å². The third-order valence-corrected chi connectivity index (χ3v) is 3.50. The van der Waals surface area contributed by atoms with Crippen LogP contribution in [0.4, 0.5) is 0 Å². The molecule has 0 rings (SSSR count).